The molecule has 0 atom stereocenters. The number of carboxylic acids is 1. The molecule has 9 heteroatoms. The van der Waals surface area contributed by atoms with Crippen molar-refractivity contribution in [2.75, 3.05) is 6.61 Å². The van der Waals surface area contributed by atoms with E-state index < -0.39 is 22.4 Å². The van der Waals surface area contributed by atoms with Gasteiger partial charge in [0.25, 0.3) is 0 Å². The third-order valence-corrected chi connectivity index (χ3v) is 6.06. The van der Waals surface area contributed by atoms with Gasteiger partial charge in [0.2, 0.25) is 9.84 Å². The van der Waals surface area contributed by atoms with Gasteiger partial charge >= 0.3 is 5.97 Å². The van der Waals surface area contributed by atoms with Crippen LogP contribution in [0.15, 0.2) is 38.8 Å². The Bertz CT molecular complexity index is 769. The zero-order valence-corrected chi connectivity index (χ0v) is 13.4. The first-order valence-corrected chi connectivity index (χ1v) is 8.62. The molecule has 0 aliphatic carbocycles. The quantitative estimate of drug-likeness (QED) is 0.877. The number of carboxylic acid groups (broad SMARTS) is 1. The highest BCUT2D eigenvalue weighted by atomic mass is 35.5. The molecule has 0 bridgehead atoms. The van der Waals surface area contributed by atoms with Gasteiger partial charge in [-0.25, -0.2) is 13.2 Å². The van der Waals surface area contributed by atoms with Crippen molar-refractivity contribution >= 4 is 50.3 Å². The van der Waals surface area contributed by atoms with E-state index in [0.717, 1.165) is 0 Å². The molecule has 2 aromatic rings. The fourth-order valence-corrected chi connectivity index (χ4v) is 4.60. The fourth-order valence-electron chi connectivity index (χ4n) is 1.50. The normalized spacial score (nSPS) is 11.3. The van der Waals surface area contributed by atoms with E-state index >= 15 is 0 Å². The number of hydrogen-bond donors (Lipinski definition) is 1. The standard InChI is InChI=1S/C12H8Cl2O5S2/c13-11-8(19-5-10(15)16)1-2-9(12(11)14)21(17,18)7-3-4-20-6-7/h1-4,6H,5H2,(H,15,16). The summed E-state index contributed by atoms with van der Waals surface area (Å²) in [5.41, 5.74) is 0. The number of carbonyl (C=O) groups is 1. The lowest BCUT2D eigenvalue weighted by Crippen LogP contribution is -2.10. The maximum absolute atomic E-state index is 12.4. The summed E-state index contributed by atoms with van der Waals surface area (Å²) in [5, 5.41) is 11.3. The number of thiophene rings is 1. The third-order valence-electron chi connectivity index (χ3n) is 2.46. The molecular formula is C12H8Cl2O5S2. The van der Waals surface area contributed by atoms with E-state index in [-0.39, 0.29) is 25.6 Å². The van der Waals surface area contributed by atoms with Gasteiger partial charge in [0.15, 0.2) is 6.61 Å². The highest BCUT2D eigenvalue weighted by molar-refractivity contribution is 7.91. The second-order valence-electron chi connectivity index (χ2n) is 3.83. The van der Waals surface area contributed by atoms with Crippen molar-refractivity contribution in [2.24, 2.45) is 0 Å². The van der Waals surface area contributed by atoms with Crippen LogP contribution in [0.25, 0.3) is 0 Å². The first kappa shape index (κ1) is 16.1. The Morgan fingerprint density at radius 2 is 1.95 bits per heavy atom. The SMILES string of the molecule is O=C(O)COc1ccc(S(=O)(=O)c2ccsc2)c(Cl)c1Cl. The lowest BCUT2D eigenvalue weighted by molar-refractivity contribution is -0.139. The Balaban J connectivity index is 2.44. The predicted molar refractivity (Wildman–Crippen MR) is 79.4 cm³/mol. The molecule has 0 saturated heterocycles. The Morgan fingerprint density at radius 1 is 1.24 bits per heavy atom. The van der Waals surface area contributed by atoms with Crippen molar-refractivity contribution in [3.63, 3.8) is 0 Å². The molecule has 0 aliphatic rings. The number of benzene rings is 1. The zero-order chi connectivity index (χ0) is 15.6. The van der Waals surface area contributed by atoms with Crippen LogP contribution < -0.4 is 4.74 Å². The van der Waals surface area contributed by atoms with Crippen molar-refractivity contribution in [3.05, 3.63) is 39.0 Å². The average molecular weight is 367 g/mol. The fraction of sp³-hybridized carbons (Fsp3) is 0.0833. The van der Waals surface area contributed by atoms with Crippen LogP contribution in [0.4, 0.5) is 0 Å². The number of sulfone groups is 1. The molecule has 0 fully saturated rings. The third kappa shape index (κ3) is 3.32. The summed E-state index contributed by atoms with van der Waals surface area (Å²) in [6.45, 7) is -0.604. The van der Waals surface area contributed by atoms with Crippen molar-refractivity contribution in [3.8, 4) is 5.75 Å². The predicted octanol–water partition coefficient (Wildman–Crippen LogP) is 3.35. The number of ether oxygens (including phenoxy) is 1. The van der Waals surface area contributed by atoms with Crippen molar-refractivity contribution < 1.29 is 23.1 Å². The highest BCUT2D eigenvalue weighted by Gasteiger charge is 2.24. The van der Waals surface area contributed by atoms with E-state index in [0.29, 0.717) is 0 Å². The number of aliphatic carboxylic acids is 1. The molecule has 1 heterocycles. The minimum absolute atomic E-state index is 0.00772. The minimum Gasteiger partial charge on any atom is -0.480 e. The van der Waals surface area contributed by atoms with E-state index in [1.807, 2.05) is 0 Å². The summed E-state index contributed by atoms with van der Waals surface area (Å²) in [7, 11) is -3.77. The number of rotatable bonds is 5. The van der Waals surface area contributed by atoms with E-state index in [2.05, 4.69) is 0 Å². The van der Waals surface area contributed by atoms with Crippen molar-refractivity contribution in [2.45, 2.75) is 9.79 Å². The van der Waals surface area contributed by atoms with Crippen molar-refractivity contribution in [1.29, 1.82) is 0 Å². The van der Waals surface area contributed by atoms with Gasteiger partial charge in [-0.2, -0.15) is 11.3 Å². The topological polar surface area (TPSA) is 80.7 Å². The summed E-state index contributed by atoms with van der Waals surface area (Å²) >= 11 is 13.2. The van der Waals surface area contributed by atoms with Gasteiger partial charge in [0, 0.05) is 5.38 Å². The molecule has 1 aromatic heterocycles. The summed E-state index contributed by atoms with van der Waals surface area (Å²) in [4.78, 5) is 10.4. The highest BCUT2D eigenvalue weighted by Crippen LogP contribution is 2.39. The van der Waals surface area contributed by atoms with E-state index in [9.17, 15) is 13.2 Å². The molecule has 0 aliphatic heterocycles. The zero-order valence-electron chi connectivity index (χ0n) is 10.2. The summed E-state index contributed by atoms with van der Waals surface area (Å²) in [5.74, 6) is -1.18. The van der Waals surface area contributed by atoms with Crippen LogP contribution in [0.1, 0.15) is 0 Å². The van der Waals surface area contributed by atoms with Gasteiger partial charge in [-0.1, -0.05) is 23.2 Å². The second kappa shape index (κ2) is 6.23. The molecule has 2 rings (SSSR count). The van der Waals surface area contributed by atoms with Crippen LogP contribution in [0.5, 0.6) is 5.75 Å². The monoisotopic (exact) mass is 366 g/mol. The molecule has 5 nitrogen and oxygen atoms in total. The van der Waals surface area contributed by atoms with Gasteiger partial charge in [-0.15, -0.1) is 0 Å². The van der Waals surface area contributed by atoms with Crippen LogP contribution in [0.2, 0.25) is 10.0 Å². The second-order valence-corrected chi connectivity index (χ2v) is 7.29. The molecule has 1 N–H and O–H groups in total. The molecule has 112 valence electrons. The smallest absolute Gasteiger partial charge is 0.341 e. The van der Waals surface area contributed by atoms with Gasteiger partial charge in [-0.05, 0) is 23.6 Å². The van der Waals surface area contributed by atoms with E-state index in [4.69, 9.17) is 33.0 Å². The molecular weight excluding hydrogens is 359 g/mol. The lowest BCUT2D eigenvalue weighted by Gasteiger charge is -2.10. The first-order chi connectivity index (χ1) is 9.84. The Kier molecular flexibility index (Phi) is 4.77. The van der Waals surface area contributed by atoms with Crippen LogP contribution in [0, 0.1) is 0 Å². The first-order valence-electron chi connectivity index (χ1n) is 5.44. The Hall–Kier alpha value is -1.28. The van der Waals surface area contributed by atoms with Gasteiger partial charge in [-0.3, -0.25) is 0 Å². The Morgan fingerprint density at radius 3 is 2.52 bits per heavy atom. The summed E-state index contributed by atoms with van der Waals surface area (Å²) < 4.78 is 29.7. The van der Waals surface area contributed by atoms with Crippen LogP contribution in [-0.4, -0.2) is 26.1 Å². The Labute approximate surface area is 134 Å². The number of halogens is 2. The summed E-state index contributed by atoms with van der Waals surface area (Å²) in [6.07, 6.45) is 0. The van der Waals surface area contributed by atoms with Crippen LogP contribution >= 0.6 is 34.5 Å². The van der Waals surface area contributed by atoms with Gasteiger partial charge < -0.3 is 9.84 Å². The maximum Gasteiger partial charge on any atom is 0.341 e. The molecule has 0 spiro atoms. The molecule has 1 aromatic carbocycles. The largest absolute Gasteiger partial charge is 0.480 e. The molecule has 21 heavy (non-hydrogen) atoms. The van der Waals surface area contributed by atoms with Crippen LogP contribution in [0.3, 0.4) is 0 Å². The summed E-state index contributed by atoms with van der Waals surface area (Å²) in [6, 6.07) is 3.97. The molecule has 0 radical (unpaired) electrons. The average Bonchev–Trinajstić information content (AvgIpc) is 2.94. The van der Waals surface area contributed by atoms with E-state index in [1.165, 1.54) is 34.9 Å². The lowest BCUT2D eigenvalue weighted by atomic mass is 10.3. The molecule has 0 amide bonds. The van der Waals surface area contributed by atoms with Gasteiger partial charge in [0.1, 0.15) is 10.8 Å². The minimum atomic E-state index is -3.77. The van der Waals surface area contributed by atoms with Crippen LogP contribution in [-0.2, 0) is 14.6 Å². The number of hydrogen-bond acceptors (Lipinski definition) is 5. The van der Waals surface area contributed by atoms with Gasteiger partial charge in [0.05, 0.1) is 14.8 Å². The van der Waals surface area contributed by atoms with Crippen molar-refractivity contribution in [1.82, 2.24) is 0 Å². The van der Waals surface area contributed by atoms with E-state index in [1.54, 1.807) is 5.38 Å². The molecule has 0 unspecified atom stereocenters. The molecule has 0 saturated carbocycles. The maximum atomic E-state index is 12.4.